The van der Waals surface area contributed by atoms with Crippen LogP contribution in [0.15, 0.2) is 24.3 Å². The third kappa shape index (κ3) is 7.68. The standard InChI is InChI=1S/C15H22N2O3.ClH/c1-4-17(5-2)11-10-15(19)20-14-8-6-13(7-9-14)16-12(3)18;/h6-9H,4-5,10-11H2,1-3H3,(H,16,18);1H. The molecule has 0 fully saturated rings. The average molecular weight is 315 g/mol. The van der Waals surface area contributed by atoms with Crippen molar-refractivity contribution in [1.82, 2.24) is 4.90 Å². The smallest absolute Gasteiger partial charge is 0.312 e. The van der Waals surface area contributed by atoms with E-state index in [0.717, 1.165) is 13.1 Å². The molecule has 21 heavy (non-hydrogen) atoms. The molecule has 0 heterocycles. The van der Waals surface area contributed by atoms with E-state index in [1.54, 1.807) is 24.3 Å². The number of anilines is 1. The number of ether oxygens (including phenoxy) is 1. The number of esters is 1. The fourth-order valence-corrected chi connectivity index (χ4v) is 1.78. The van der Waals surface area contributed by atoms with E-state index in [4.69, 9.17) is 4.74 Å². The van der Waals surface area contributed by atoms with Gasteiger partial charge >= 0.3 is 5.97 Å². The molecule has 0 aliphatic carbocycles. The third-order valence-corrected chi connectivity index (χ3v) is 2.93. The molecule has 1 amide bonds. The van der Waals surface area contributed by atoms with Crippen molar-refractivity contribution in [3.05, 3.63) is 24.3 Å². The molecule has 0 saturated carbocycles. The molecule has 1 aromatic carbocycles. The first-order valence-corrected chi connectivity index (χ1v) is 6.85. The molecule has 0 aliphatic heterocycles. The van der Waals surface area contributed by atoms with Crippen LogP contribution in [0.25, 0.3) is 0 Å². The minimum absolute atomic E-state index is 0. The Morgan fingerprint density at radius 2 is 1.71 bits per heavy atom. The zero-order valence-electron chi connectivity index (χ0n) is 12.7. The Morgan fingerprint density at radius 1 is 1.14 bits per heavy atom. The van der Waals surface area contributed by atoms with Crippen LogP contribution in [0.5, 0.6) is 5.75 Å². The van der Waals surface area contributed by atoms with Gasteiger partial charge in [0.15, 0.2) is 0 Å². The molecule has 1 aromatic rings. The number of halogens is 1. The number of amides is 1. The molecule has 1 N–H and O–H groups in total. The van der Waals surface area contributed by atoms with Gasteiger partial charge in [-0.2, -0.15) is 0 Å². The van der Waals surface area contributed by atoms with Gasteiger partial charge in [-0.25, -0.2) is 0 Å². The maximum atomic E-state index is 11.7. The number of hydrogen-bond donors (Lipinski definition) is 1. The first-order valence-electron chi connectivity index (χ1n) is 6.85. The quantitative estimate of drug-likeness (QED) is 0.621. The van der Waals surface area contributed by atoms with Gasteiger partial charge in [0.2, 0.25) is 5.91 Å². The molecule has 0 bridgehead atoms. The van der Waals surface area contributed by atoms with E-state index >= 15 is 0 Å². The molecule has 0 saturated heterocycles. The molecule has 0 unspecified atom stereocenters. The maximum absolute atomic E-state index is 11.7. The van der Waals surface area contributed by atoms with Gasteiger partial charge < -0.3 is 15.0 Å². The minimum Gasteiger partial charge on any atom is -0.426 e. The topological polar surface area (TPSA) is 58.6 Å². The van der Waals surface area contributed by atoms with E-state index in [2.05, 4.69) is 24.1 Å². The van der Waals surface area contributed by atoms with Crippen LogP contribution in [0.3, 0.4) is 0 Å². The Kier molecular flexibility index (Phi) is 9.41. The number of carbonyl (C=O) groups excluding carboxylic acids is 2. The number of hydrogen-bond acceptors (Lipinski definition) is 4. The van der Waals surface area contributed by atoms with Gasteiger partial charge in [-0.3, -0.25) is 9.59 Å². The van der Waals surface area contributed by atoms with E-state index in [0.29, 0.717) is 24.4 Å². The SMILES string of the molecule is CCN(CC)CCC(=O)Oc1ccc(NC(C)=O)cc1.Cl. The zero-order chi connectivity index (χ0) is 15.0. The summed E-state index contributed by atoms with van der Waals surface area (Å²) in [5.74, 6) is 0.113. The average Bonchev–Trinajstić information content (AvgIpc) is 2.41. The van der Waals surface area contributed by atoms with Crippen LogP contribution < -0.4 is 10.1 Å². The van der Waals surface area contributed by atoms with Crippen molar-refractivity contribution in [1.29, 1.82) is 0 Å². The summed E-state index contributed by atoms with van der Waals surface area (Å²) < 4.78 is 5.24. The van der Waals surface area contributed by atoms with Crippen LogP contribution in [-0.4, -0.2) is 36.4 Å². The zero-order valence-corrected chi connectivity index (χ0v) is 13.5. The second-order valence-electron chi connectivity index (χ2n) is 4.46. The van der Waals surface area contributed by atoms with Gasteiger partial charge in [-0.15, -0.1) is 12.4 Å². The molecular weight excluding hydrogens is 292 g/mol. The third-order valence-electron chi connectivity index (χ3n) is 2.93. The Labute approximate surface area is 132 Å². The van der Waals surface area contributed by atoms with Gasteiger partial charge in [-0.05, 0) is 37.4 Å². The highest BCUT2D eigenvalue weighted by Crippen LogP contribution is 2.16. The predicted molar refractivity (Wildman–Crippen MR) is 86.0 cm³/mol. The summed E-state index contributed by atoms with van der Waals surface area (Å²) in [7, 11) is 0. The van der Waals surface area contributed by atoms with Crippen molar-refractivity contribution >= 4 is 30.0 Å². The number of benzene rings is 1. The van der Waals surface area contributed by atoms with E-state index in [-0.39, 0.29) is 24.3 Å². The van der Waals surface area contributed by atoms with Crippen LogP contribution in [-0.2, 0) is 9.59 Å². The summed E-state index contributed by atoms with van der Waals surface area (Å²) in [6.45, 7) is 8.13. The van der Waals surface area contributed by atoms with Crippen molar-refractivity contribution < 1.29 is 14.3 Å². The fraction of sp³-hybridized carbons (Fsp3) is 0.467. The van der Waals surface area contributed by atoms with E-state index in [9.17, 15) is 9.59 Å². The highest BCUT2D eigenvalue weighted by Gasteiger charge is 2.07. The van der Waals surface area contributed by atoms with Crippen molar-refractivity contribution in [3.8, 4) is 5.75 Å². The summed E-state index contributed by atoms with van der Waals surface area (Å²) in [5, 5.41) is 2.65. The summed E-state index contributed by atoms with van der Waals surface area (Å²) >= 11 is 0. The summed E-state index contributed by atoms with van der Waals surface area (Å²) in [5.41, 5.74) is 0.681. The first-order chi connectivity index (χ1) is 9.55. The summed E-state index contributed by atoms with van der Waals surface area (Å²) in [6, 6.07) is 6.74. The van der Waals surface area contributed by atoms with Gasteiger partial charge in [0.05, 0.1) is 6.42 Å². The molecule has 0 aromatic heterocycles. The van der Waals surface area contributed by atoms with Crippen LogP contribution >= 0.6 is 12.4 Å². The Hall–Kier alpha value is -1.59. The molecule has 0 spiro atoms. The molecule has 1 rings (SSSR count). The maximum Gasteiger partial charge on any atom is 0.312 e. The number of nitrogens with one attached hydrogen (secondary N) is 1. The highest BCUT2D eigenvalue weighted by atomic mass is 35.5. The lowest BCUT2D eigenvalue weighted by atomic mass is 10.3. The van der Waals surface area contributed by atoms with Gasteiger partial charge in [-0.1, -0.05) is 13.8 Å². The number of rotatable bonds is 7. The molecule has 5 nitrogen and oxygen atoms in total. The van der Waals surface area contributed by atoms with Crippen molar-refractivity contribution in [3.63, 3.8) is 0 Å². The number of nitrogens with zero attached hydrogens (tertiary/aromatic N) is 1. The monoisotopic (exact) mass is 314 g/mol. The predicted octanol–water partition coefficient (Wildman–Crippen LogP) is 2.70. The van der Waals surface area contributed by atoms with Crippen molar-refractivity contribution in [2.24, 2.45) is 0 Å². The molecule has 0 aliphatic rings. The Morgan fingerprint density at radius 3 is 2.19 bits per heavy atom. The van der Waals surface area contributed by atoms with Gasteiger partial charge in [0.25, 0.3) is 0 Å². The molecule has 0 radical (unpaired) electrons. The normalized spacial score (nSPS) is 9.90. The summed E-state index contributed by atoms with van der Waals surface area (Å²) in [4.78, 5) is 24.7. The minimum atomic E-state index is -0.246. The van der Waals surface area contributed by atoms with E-state index in [1.165, 1.54) is 6.92 Å². The molecule has 118 valence electrons. The lowest BCUT2D eigenvalue weighted by Crippen LogP contribution is -2.26. The van der Waals surface area contributed by atoms with E-state index < -0.39 is 0 Å². The highest BCUT2D eigenvalue weighted by molar-refractivity contribution is 5.88. The number of carbonyl (C=O) groups is 2. The van der Waals surface area contributed by atoms with Crippen LogP contribution in [0, 0.1) is 0 Å². The molecule has 6 heteroatoms. The lowest BCUT2D eigenvalue weighted by molar-refractivity contribution is -0.134. The molecule has 0 atom stereocenters. The van der Waals surface area contributed by atoms with Crippen molar-refractivity contribution in [2.75, 3.05) is 25.0 Å². The fourth-order valence-electron chi connectivity index (χ4n) is 1.78. The first kappa shape index (κ1) is 19.4. The largest absolute Gasteiger partial charge is 0.426 e. The second-order valence-corrected chi connectivity index (χ2v) is 4.46. The van der Waals surface area contributed by atoms with Crippen LogP contribution in [0.1, 0.15) is 27.2 Å². The molecular formula is C15H23ClN2O3. The van der Waals surface area contributed by atoms with E-state index in [1.807, 2.05) is 0 Å². The summed E-state index contributed by atoms with van der Waals surface area (Å²) in [6.07, 6.45) is 0.370. The van der Waals surface area contributed by atoms with Gasteiger partial charge in [0.1, 0.15) is 5.75 Å². The Bertz CT molecular complexity index is 445. The Balaban J connectivity index is 0.00000400. The van der Waals surface area contributed by atoms with Crippen LogP contribution in [0.2, 0.25) is 0 Å². The van der Waals surface area contributed by atoms with Gasteiger partial charge in [0, 0.05) is 19.2 Å². The van der Waals surface area contributed by atoms with Crippen molar-refractivity contribution in [2.45, 2.75) is 27.2 Å². The van der Waals surface area contributed by atoms with Crippen LogP contribution in [0.4, 0.5) is 5.69 Å². The second kappa shape index (κ2) is 10.2. The lowest BCUT2D eigenvalue weighted by Gasteiger charge is -2.16.